The minimum atomic E-state index is -0.415. The molecule has 6 rings (SSSR count). The quantitative estimate of drug-likeness (QED) is 0.307. The fourth-order valence-electron chi connectivity index (χ4n) is 5.40. The summed E-state index contributed by atoms with van der Waals surface area (Å²) in [6.07, 6.45) is 1.84. The maximum Gasteiger partial charge on any atom is 0.240 e. The summed E-state index contributed by atoms with van der Waals surface area (Å²) < 4.78 is 27.2. The minimum Gasteiger partial charge on any atom is -0.497 e. The van der Waals surface area contributed by atoms with Crippen LogP contribution in [-0.2, 0) is 14.3 Å². The summed E-state index contributed by atoms with van der Waals surface area (Å²) >= 11 is 1.40. The molecule has 2 aliphatic heterocycles. The van der Waals surface area contributed by atoms with Crippen molar-refractivity contribution in [3.8, 4) is 22.7 Å². The van der Waals surface area contributed by atoms with Gasteiger partial charge in [-0.05, 0) is 54.8 Å². The number of rotatable bonds is 8. The van der Waals surface area contributed by atoms with E-state index >= 15 is 0 Å². The molecule has 0 spiro atoms. The number of hydrogen-bond acceptors (Lipinski definition) is 6. The number of carbonyl (C=O) groups is 2. The first-order valence-corrected chi connectivity index (χ1v) is 14.9. The van der Waals surface area contributed by atoms with Gasteiger partial charge in [0.25, 0.3) is 0 Å². The molecule has 42 heavy (non-hydrogen) atoms. The average molecular weight is 587 g/mol. The summed E-state index contributed by atoms with van der Waals surface area (Å²) in [5.41, 5.74) is 3.65. The summed E-state index contributed by atoms with van der Waals surface area (Å²) in [6.45, 7) is 0.892. The third kappa shape index (κ3) is 5.77. The van der Waals surface area contributed by atoms with Gasteiger partial charge in [0.2, 0.25) is 11.8 Å². The van der Waals surface area contributed by atoms with Crippen LogP contribution in [-0.4, -0.2) is 60.3 Å². The van der Waals surface area contributed by atoms with E-state index in [0.717, 1.165) is 24.0 Å². The zero-order valence-corrected chi connectivity index (χ0v) is 24.0. The monoisotopic (exact) mass is 586 g/mol. The van der Waals surface area contributed by atoms with Crippen molar-refractivity contribution < 1.29 is 23.5 Å². The first-order valence-electron chi connectivity index (χ1n) is 13.9. The number of nitrogens with zero attached hydrogens (tertiary/aromatic N) is 3. The van der Waals surface area contributed by atoms with Crippen molar-refractivity contribution in [2.24, 2.45) is 0 Å². The fraction of sp³-hybridized carbons (Fsp3) is 0.281. The van der Waals surface area contributed by atoms with Crippen LogP contribution in [0.25, 0.3) is 16.9 Å². The van der Waals surface area contributed by atoms with Gasteiger partial charge in [-0.3, -0.25) is 14.5 Å². The number of nitrogens with one attached hydrogen (secondary N) is 1. The van der Waals surface area contributed by atoms with Crippen molar-refractivity contribution in [2.75, 3.05) is 37.5 Å². The highest BCUT2D eigenvalue weighted by molar-refractivity contribution is 8.00. The molecule has 10 heteroatoms. The molecule has 1 fully saturated rings. The number of anilines is 1. The SMILES string of the molecule is COc1ccc(-n2nc(-c3ccccc3)c3c2N(CC(=O)NC[C@H]2CCCO2)C(=O)CS[C@H]3c2cccc(F)c2)cc1. The number of fused-ring (bicyclic) bond motifs is 1. The van der Waals surface area contributed by atoms with Crippen LogP contribution in [0.5, 0.6) is 5.75 Å². The van der Waals surface area contributed by atoms with Gasteiger partial charge in [0.1, 0.15) is 23.9 Å². The summed E-state index contributed by atoms with van der Waals surface area (Å²) in [4.78, 5) is 28.6. The van der Waals surface area contributed by atoms with Crippen LogP contribution in [0.1, 0.15) is 29.2 Å². The van der Waals surface area contributed by atoms with Gasteiger partial charge in [-0.1, -0.05) is 42.5 Å². The maximum absolute atomic E-state index is 14.5. The second kappa shape index (κ2) is 12.4. The number of benzene rings is 3. The van der Waals surface area contributed by atoms with E-state index in [1.807, 2.05) is 60.7 Å². The van der Waals surface area contributed by atoms with Gasteiger partial charge in [-0.2, -0.15) is 5.10 Å². The van der Waals surface area contributed by atoms with Crippen LogP contribution >= 0.6 is 11.8 Å². The van der Waals surface area contributed by atoms with Crippen LogP contribution in [0.15, 0.2) is 78.9 Å². The van der Waals surface area contributed by atoms with Gasteiger partial charge >= 0.3 is 0 Å². The lowest BCUT2D eigenvalue weighted by Gasteiger charge is -2.23. The summed E-state index contributed by atoms with van der Waals surface area (Å²) in [5, 5.41) is 7.58. The largest absolute Gasteiger partial charge is 0.497 e. The Morgan fingerprint density at radius 2 is 1.93 bits per heavy atom. The Bertz CT molecular complexity index is 1570. The molecule has 0 radical (unpaired) electrons. The van der Waals surface area contributed by atoms with Crippen LogP contribution < -0.4 is 15.0 Å². The number of carbonyl (C=O) groups excluding carboxylic acids is 2. The van der Waals surface area contributed by atoms with Crippen molar-refractivity contribution in [3.63, 3.8) is 0 Å². The van der Waals surface area contributed by atoms with Gasteiger partial charge in [0.05, 0.1) is 35.6 Å². The molecular weight excluding hydrogens is 555 g/mol. The second-order valence-corrected chi connectivity index (χ2v) is 11.3. The van der Waals surface area contributed by atoms with Crippen molar-refractivity contribution in [3.05, 3.63) is 95.8 Å². The van der Waals surface area contributed by atoms with Crippen molar-refractivity contribution in [1.29, 1.82) is 0 Å². The Labute approximate surface area is 247 Å². The molecule has 0 unspecified atom stereocenters. The lowest BCUT2D eigenvalue weighted by molar-refractivity contribution is -0.123. The molecule has 3 aromatic carbocycles. The highest BCUT2D eigenvalue weighted by atomic mass is 32.2. The second-order valence-electron chi connectivity index (χ2n) is 10.2. The lowest BCUT2D eigenvalue weighted by Crippen LogP contribution is -2.44. The Kier molecular flexibility index (Phi) is 8.25. The van der Waals surface area contributed by atoms with Crippen LogP contribution in [0.3, 0.4) is 0 Å². The highest BCUT2D eigenvalue weighted by Crippen LogP contribution is 2.48. The summed E-state index contributed by atoms with van der Waals surface area (Å²) in [7, 11) is 1.60. The maximum atomic E-state index is 14.5. The zero-order valence-electron chi connectivity index (χ0n) is 23.2. The van der Waals surface area contributed by atoms with E-state index < -0.39 is 5.25 Å². The fourth-order valence-corrected chi connectivity index (χ4v) is 6.59. The van der Waals surface area contributed by atoms with Crippen molar-refractivity contribution in [1.82, 2.24) is 15.1 Å². The molecule has 1 aromatic heterocycles. The third-order valence-electron chi connectivity index (χ3n) is 7.46. The Morgan fingerprint density at radius 1 is 1.12 bits per heavy atom. The Balaban J connectivity index is 1.51. The van der Waals surface area contributed by atoms with E-state index in [1.165, 1.54) is 28.8 Å². The number of ether oxygens (including phenoxy) is 2. The van der Waals surface area contributed by atoms with Gasteiger partial charge < -0.3 is 14.8 Å². The molecular formula is C32H31FN4O4S. The first-order chi connectivity index (χ1) is 20.5. The number of methoxy groups -OCH3 is 1. The van der Waals surface area contributed by atoms with Crippen LogP contribution in [0, 0.1) is 5.82 Å². The van der Waals surface area contributed by atoms with Gasteiger partial charge in [0.15, 0.2) is 0 Å². The van der Waals surface area contributed by atoms with E-state index in [2.05, 4.69) is 5.32 Å². The van der Waals surface area contributed by atoms with E-state index in [-0.39, 0.29) is 36.0 Å². The molecule has 0 saturated carbocycles. The van der Waals surface area contributed by atoms with E-state index in [1.54, 1.807) is 17.9 Å². The van der Waals surface area contributed by atoms with Gasteiger partial charge in [0, 0.05) is 24.3 Å². The Hall–Kier alpha value is -4.15. The number of thioether (sulfide) groups is 1. The molecule has 2 atom stereocenters. The minimum absolute atomic E-state index is 0.0215. The van der Waals surface area contributed by atoms with Gasteiger partial charge in [-0.15, -0.1) is 11.8 Å². The van der Waals surface area contributed by atoms with Crippen LogP contribution in [0.2, 0.25) is 0 Å². The molecule has 0 aliphatic carbocycles. The number of aromatic nitrogens is 2. The predicted molar refractivity (Wildman–Crippen MR) is 161 cm³/mol. The van der Waals surface area contributed by atoms with Gasteiger partial charge in [-0.25, -0.2) is 9.07 Å². The standard InChI is InChI=1S/C32H31FN4O4S/c1-40-25-14-12-24(13-15-25)37-32-29(30(35-37)21-7-3-2-4-8-21)31(22-9-5-10-23(33)17-22)42-20-28(39)36(32)19-27(38)34-18-26-11-6-16-41-26/h2-5,7-10,12-15,17,26,31H,6,11,16,18-20H2,1H3,(H,34,38)/t26-,31+/m1/s1. The molecule has 8 nitrogen and oxygen atoms in total. The van der Waals surface area contributed by atoms with E-state index in [0.29, 0.717) is 41.7 Å². The van der Waals surface area contributed by atoms with Crippen molar-refractivity contribution in [2.45, 2.75) is 24.2 Å². The first kappa shape index (κ1) is 28.0. The molecule has 1 saturated heterocycles. The van der Waals surface area contributed by atoms with E-state index in [9.17, 15) is 14.0 Å². The topological polar surface area (TPSA) is 85.7 Å². The Morgan fingerprint density at radius 3 is 2.64 bits per heavy atom. The molecule has 2 aliphatic rings. The molecule has 3 heterocycles. The molecule has 4 aromatic rings. The van der Waals surface area contributed by atoms with Crippen molar-refractivity contribution >= 4 is 29.4 Å². The normalized spacial score (nSPS) is 18.4. The smallest absolute Gasteiger partial charge is 0.240 e. The highest BCUT2D eigenvalue weighted by Gasteiger charge is 2.38. The average Bonchev–Trinajstić information content (AvgIpc) is 3.65. The summed E-state index contributed by atoms with van der Waals surface area (Å²) in [5.74, 6) is 0.375. The zero-order chi connectivity index (χ0) is 29.1. The molecule has 0 bridgehead atoms. The summed E-state index contributed by atoms with van der Waals surface area (Å²) in [6, 6.07) is 23.5. The number of amides is 2. The molecule has 216 valence electrons. The lowest BCUT2D eigenvalue weighted by atomic mass is 9.99. The number of hydrogen-bond donors (Lipinski definition) is 1. The van der Waals surface area contributed by atoms with Crippen LogP contribution in [0.4, 0.5) is 10.2 Å². The predicted octanol–water partition coefficient (Wildman–Crippen LogP) is 5.15. The van der Waals surface area contributed by atoms with E-state index in [4.69, 9.17) is 14.6 Å². The molecule has 2 amide bonds. The number of halogens is 1. The third-order valence-corrected chi connectivity index (χ3v) is 8.71. The molecule has 1 N–H and O–H groups in total.